The first-order valence-corrected chi connectivity index (χ1v) is 11.8. The molecule has 0 amide bonds. The summed E-state index contributed by atoms with van der Waals surface area (Å²) in [5.41, 5.74) is 3.82. The normalized spacial score (nSPS) is 24.5. The van der Waals surface area contributed by atoms with E-state index in [1.54, 1.807) is 0 Å². The summed E-state index contributed by atoms with van der Waals surface area (Å²) < 4.78 is 27.7. The van der Waals surface area contributed by atoms with E-state index in [4.69, 9.17) is 4.98 Å². The highest BCUT2D eigenvalue weighted by molar-refractivity contribution is 5.63. The lowest BCUT2D eigenvalue weighted by molar-refractivity contribution is 0.213. The van der Waals surface area contributed by atoms with Crippen molar-refractivity contribution in [1.82, 2.24) is 14.9 Å². The molecule has 0 radical (unpaired) electrons. The minimum absolute atomic E-state index is 0.0473. The lowest BCUT2D eigenvalue weighted by Crippen LogP contribution is -2.49. The molecule has 0 unspecified atom stereocenters. The third-order valence-electron chi connectivity index (χ3n) is 7.94. The largest absolute Gasteiger partial charge is 0.367 e. The number of halogens is 2. The summed E-state index contributed by atoms with van der Waals surface area (Å²) in [6.07, 6.45) is 9.61. The second-order valence-electron chi connectivity index (χ2n) is 9.93. The van der Waals surface area contributed by atoms with E-state index in [1.165, 1.54) is 25.0 Å². The maximum absolute atomic E-state index is 14.1. The Morgan fingerprint density at radius 3 is 2.66 bits per heavy atom. The van der Waals surface area contributed by atoms with Crippen LogP contribution in [0.3, 0.4) is 0 Å². The molecule has 7 heteroatoms. The number of hydrogen-bond acceptors (Lipinski definition) is 4. The van der Waals surface area contributed by atoms with Crippen molar-refractivity contribution < 1.29 is 8.78 Å². The molecule has 2 aromatic rings. The molecule has 1 N–H and O–H groups in total. The lowest BCUT2D eigenvalue weighted by Gasteiger charge is -2.38. The highest BCUT2D eigenvalue weighted by Crippen LogP contribution is 2.53. The van der Waals surface area contributed by atoms with E-state index in [-0.39, 0.29) is 11.4 Å². The number of allylic oxidation sites excluding steroid dienone is 1. The van der Waals surface area contributed by atoms with Gasteiger partial charge in [0.25, 0.3) is 5.56 Å². The molecule has 168 valence electrons. The van der Waals surface area contributed by atoms with Gasteiger partial charge in [0.05, 0.1) is 11.4 Å². The van der Waals surface area contributed by atoms with Crippen LogP contribution in [0.1, 0.15) is 49.2 Å². The zero-order valence-electron chi connectivity index (χ0n) is 18.2. The van der Waals surface area contributed by atoms with Gasteiger partial charge in [0.2, 0.25) is 0 Å². The van der Waals surface area contributed by atoms with Gasteiger partial charge in [-0.15, -0.1) is 0 Å². The monoisotopic (exact) mass is 438 g/mol. The molecule has 1 aliphatic heterocycles. The Labute approximate surface area is 186 Å². The lowest BCUT2D eigenvalue weighted by atomic mass is 9.84. The van der Waals surface area contributed by atoms with Crippen LogP contribution in [-0.2, 0) is 12.8 Å². The predicted octanol–water partition coefficient (Wildman–Crippen LogP) is 3.69. The number of benzene rings is 1. The van der Waals surface area contributed by atoms with E-state index in [0.29, 0.717) is 30.2 Å². The first kappa shape index (κ1) is 20.1. The van der Waals surface area contributed by atoms with Crippen molar-refractivity contribution in [3.63, 3.8) is 0 Å². The molecule has 1 saturated carbocycles. The Kier molecular flexibility index (Phi) is 4.72. The van der Waals surface area contributed by atoms with Crippen LogP contribution in [0.5, 0.6) is 0 Å². The van der Waals surface area contributed by atoms with Crippen LogP contribution in [0.25, 0.3) is 5.57 Å². The summed E-state index contributed by atoms with van der Waals surface area (Å²) in [5.74, 6) is -0.0487. The number of nitrogens with one attached hydrogen (secondary N) is 1. The van der Waals surface area contributed by atoms with E-state index in [2.05, 4.69) is 16.0 Å². The van der Waals surface area contributed by atoms with Gasteiger partial charge < -0.3 is 9.88 Å². The molecule has 32 heavy (non-hydrogen) atoms. The average Bonchev–Trinajstić information content (AvgIpc) is 3.36. The summed E-state index contributed by atoms with van der Waals surface area (Å²) in [4.78, 5) is 25.0. The number of piperazine rings is 1. The Morgan fingerprint density at radius 1 is 1.06 bits per heavy atom. The minimum atomic E-state index is -0.411. The second kappa shape index (κ2) is 7.51. The van der Waals surface area contributed by atoms with E-state index >= 15 is 0 Å². The molecule has 0 bridgehead atoms. The number of anilines is 1. The molecule has 6 rings (SSSR count). The SMILES string of the molecule is O=c1[nH]c(C2=C[C@H](N3CCN(c4cc(F)ccc4F)CC3)CC2)nc2c1CC1(CC2)CC1. The number of aromatic amines is 1. The minimum Gasteiger partial charge on any atom is -0.367 e. The van der Waals surface area contributed by atoms with Crippen molar-refractivity contribution in [2.24, 2.45) is 5.41 Å². The van der Waals surface area contributed by atoms with Crippen molar-refractivity contribution in [3.8, 4) is 0 Å². The molecule has 3 aliphatic carbocycles. The standard InChI is InChI=1S/C25H28F2N4O/c26-17-2-4-20(27)22(14-17)31-11-9-30(10-12-31)18-3-1-16(13-18)23-28-21-5-6-25(7-8-25)15-19(21)24(32)29-23/h2,4,13-14,18H,1,3,5-12,15H2,(H,28,29,32)/t18-/m1/s1. The molecule has 4 aliphatic rings. The van der Waals surface area contributed by atoms with Crippen molar-refractivity contribution in [2.45, 2.75) is 51.0 Å². The molecule has 2 heterocycles. The third kappa shape index (κ3) is 3.56. The fourth-order valence-corrected chi connectivity index (χ4v) is 5.75. The van der Waals surface area contributed by atoms with Gasteiger partial charge in [-0.25, -0.2) is 13.8 Å². The Balaban J connectivity index is 1.15. The van der Waals surface area contributed by atoms with E-state index in [0.717, 1.165) is 73.9 Å². The van der Waals surface area contributed by atoms with Gasteiger partial charge in [0.1, 0.15) is 17.5 Å². The number of aromatic nitrogens is 2. The summed E-state index contributed by atoms with van der Waals surface area (Å²) in [5, 5.41) is 0. The predicted molar refractivity (Wildman–Crippen MR) is 120 cm³/mol. The quantitative estimate of drug-likeness (QED) is 0.794. The molecular formula is C25H28F2N4O. The molecule has 1 spiro atoms. The van der Waals surface area contributed by atoms with Gasteiger partial charge in [-0.3, -0.25) is 9.69 Å². The smallest absolute Gasteiger partial charge is 0.254 e. The summed E-state index contributed by atoms with van der Waals surface area (Å²) in [7, 11) is 0. The summed E-state index contributed by atoms with van der Waals surface area (Å²) in [6, 6.07) is 3.92. The topological polar surface area (TPSA) is 52.2 Å². The molecule has 1 aromatic carbocycles. The highest BCUT2D eigenvalue weighted by atomic mass is 19.1. The highest BCUT2D eigenvalue weighted by Gasteiger charge is 2.45. The number of aryl methyl sites for hydroxylation is 1. The van der Waals surface area contributed by atoms with Crippen molar-refractivity contribution >= 4 is 11.3 Å². The molecule has 1 aromatic heterocycles. The molecule has 1 atom stereocenters. The number of fused-ring (bicyclic) bond motifs is 1. The fraction of sp³-hybridized carbons (Fsp3) is 0.520. The second-order valence-corrected chi connectivity index (χ2v) is 9.93. The molecule has 5 nitrogen and oxygen atoms in total. The van der Waals surface area contributed by atoms with Crippen LogP contribution in [0.4, 0.5) is 14.5 Å². The van der Waals surface area contributed by atoms with Crippen LogP contribution in [0.15, 0.2) is 29.1 Å². The van der Waals surface area contributed by atoms with Crippen molar-refractivity contribution in [2.75, 3.05) is 31.1 Å². The van der Waals surface area contributed by atoms with E-state index in [9.17, 15) is 13.6 Å². The van der Waals surface area contributed by atoms with E-state index in [1.807, 2.05) is 4.90 Å². The Morgan fingerprint density at radius 2 is 1.88 bits per heavy atom. The Bertz CT molecular complexity index is 1150. The van der Waals surface area contributed by atoms with Crippen LogP contribution in [0.2, 0.25) is 0 Å². The Hall–Kier alpha value is -2.54. The van der Waals surface area contributed by atoms with Gasteiger partial charge in [-0.05, 0) is 68.1 Å². The molecule has 1 saturated heterocycles. The first-order valence-electron chi connectivity index (χ1n) is 11.8. The van der Waals surface area contributed by atoms with Crippen molar-refractivity contribution in [1.29, 1.82) is 0 Å². The molecular weight excluding hydrogens is 410 g/mol. The van der Waals surface area contributed by atoms with E-state index < -0.39 is 5.82 Å². The van der Waals surface area contributed by atoms with Crippen molar-refractivity contribution in [3.05, 3.63) is 63.3 Å². The van der Waals surface area contributed by atoms with Crippen LogP contribution in [-0.4, -0.2) is 47.1 Å². The van der Waals surface area contributed by atoms with Gasteiger partial charge in [-0.1, -0.05) is 6.08 Å². The van der Waals surface area contributed by atoms with Gasteiger partial charge in [-0.2, -0.15) is 0 Å². The van der Waals surface area contributed by atoms with Crippen LogP contribution < -0.4 is 10.5 Å². The number of hydrogen-bond donors (Lipinski definition) is 1. The zero-order valence-corrected chi connectivity index (χ0v) is 18.2. The van der Waals surface area contributed by atoms with Gasteiger partial charge in [0, 0.05) is 43.9 Å². The number of H-pyrrole nitrogens is 1. The first-order chi connectivity index (χ1) is 15.5. The summed E-state index contributed by atoms with van der Waals surface area (Å²) in [6.45, 7) is 2.91. The number of rotatable bonds is 3. The van der Waals surface area contributed by atoms with Gasteiger partial charge in [0.15, 0.2) is 0 Å². The molecule has 2 fully saturated rings. The average molecular weight is 439 g/mol. The third-order valence-corrected chi connectivity index (χ3v) is 7.94. The summed E-state index contributed by atoms with van der Waals surface area (Å²) >= 11 is 0. The maximum atomic E-state index is 14.1. The zero-order chi connectivity index (χ0) is 21.9. The maximum Gasteiger partial charge on any atom is 0.254 e. The number of nitrogens with zero attached hydrogens (tertiary/aromatic N) is 3. The van der Waals surface area contributed by atoms with Crippen LogP contribution >= 0.6 is 0 Å². The van der Waals surface area contributed by atoms with Gasteiger partial charge >= 0.3 is 0 Å². The van der Waals surface area contributed by atoms with Crippen LogP contribution in [0, 0.1) is 17.0 Å². The fourth-order valence-electron chi connectivity index (χ4n) is 5.75.